The lowest BCUT2D eigenvalue weighted by atomic mass is 10.1. The Kier molecular flexibility index (Phi) is 6.04. The highest BCUT2D eigenvalue weighted by atomic mass is 16.5. The Hall–Kier alpha value is -2.03. The molecule has 1 atom stereocenters. The van der Waals surface area contributed by atoms with E-state index in [1.807, 2.05) is 39.8 Å². The zero-order valence-corrected chi connectivity index (χ0v) is 12.5. The third-order valence-corrected chi connectivity index (χ3v) is 2.81. The van der Waals surface area contributed by atoms with Crippen molar-refractivity contribution in [2.45, 2.75) is 40.2 Å². The molecular weight excluding hydrogens is 252 g/mol. The summed E-state index contributed by atoms with van der Waals surface area (Å²) in [6, 6.07) is 4.99. The first-order chi connectivity index (χ1) is 9.43. The zero-order chi connectivity index (χ0) is 15.1. The van der Waals surface area contributed by atoms with Crippen molar-refractivity contribution in [3.05, 3.63) is 53.1 Å². The van der Waals surface area contributed by atoms with Crippen LogP contribution in [0, 0.1) is 0 Å². The smallest absolute Gasteiger partial charge is 0.335 e. The molecule has 3 heteroatoms. The van der Waals surface area contributed by atoms with Crippen LogP contribution < -0.4 is 4.74 Å². The minimum atomic E-state index is -0.920. The van der Waals surface area contributed by atoms with Crippen molar-refractivity contribution < 1.29 is 14.6 Å². The van der Waals surface area contributed by atoms with Crippen LogP contribution in [0.1, 0.15) is 43.6 Å². The zero-order valence-electron chi connectivity index (χ0n) is 12.5. The molecule has 1 unspecified atom stereocenters. The Morgan fingerprint density at radius 2 is 2.10 bits per heavy atom. The van der Waals surface area contributed by atoms with Crippen molar-refractivity contribution in [1.29, 1.82) is 0 Å². The van der Waals surface area contributed by atoms with Crippen LogP contribution in [0.5, 0.6) is 5.75 Å². The number of aromatic carboxylic acids is 1. The van der Waals surface area contributed by atoms with E-state index >= 15 is 0 Å². The maximum atomic E-state index is 11.1. The molecule has 0 aliphatic heterocycles. The highest BCUT2D eigenvalue weighted by Gasteiger charge is 2.10. The maximum Gasteiger partial charge on any atom is 0.335 e. The monoisotopic (exact) mass is 274 g/mol. The fourth-order valence-electron chi connectivity index (χ4n) is 1.81. The highest BCUT2D eigenvalue weighted by molar-refractivity contribution is 5.88. The van der Waals surface area contributed by atoms with Gasteiger partial charge in [0.05, 0.1) is 5.56 Å². The number of rotatable bonds is 6. The molecule has 0 aromatic heterocycles. The number of carboxylic acids is 1. The summed E-state index contributed by atoms with van der Waals surface area (Å²) >= 11 is 0. The number of carboxylic acid groups (broad SMARTS) is 1. The van der Waals surface area contributed by atoms with Crippen LogP contribution in [-0.4, -0.2) is 17.2 Å². The summed E-state index contributed by atoms with van der Waals surface area (Å²) < 4.78 is 5.84. The number of ether oxygens (including phenoxy) is 1. The summed E-state index contributed by atoms with van der Waals surface area (Å²) in [5.74, 6) is -0.186. The fraction of sp³-hybridized carbons (Fsp3) is 0.353. The molecule has 0 spiro atoms. The number of hydrogen-bond donors (Lipinski definition) is 1. The molecule has 3 nitrogen and oxygen atoms in total. The van der Waals surface area contributed by atoms with E-state index in [4.69, 9.17) is 9.84 Å². The second kappa shape index (κ2) is 7.53. The lowest BCUT2D eigenvalue weighted by Gasteiger charge is -2.15. The van der Waals surface area contributed by atoms with Gasteiger partial charge in [0.15, 0.2) is 0 Å². The summed E-state index contributed by atoms with van der Waals surface area (Å²) in [6.07, 6.45) is 6.58. The second-order valence-electron chi connectivity index (χ2n) is 4.96. The normalized spacial score (nSPS) is 12.2. The Morgan fingerprint density at radius 3 is 2.65 bits per heavy atom. The molecule has 0 amide bonds. The summed E-state index contributed by atoms with van der Waals surface area (Å²) in [6.45, 7) is 7.93. The van der Waals surface area contributed by atoms with Gasteiger partial charge in [0.2, 0.25) is 0 Å². The molecule has 0 aliphatic rings. The van der Waals surface area contributed by atoms with Crippen molar-refractivity contribution in [3.8, 4) is 5.75 Å². The minimum Gasteiger partial charge on any atom is -0.486 e. The van der Waals surface area contributed by atoms with Crippen LogP contribution in [0.25, 0.3) is 0 Å². The Bertz CT molecular complexity index is 523. The molecule has 0 saturated heterocycles. The first kappa shape index (κ1) is 16.0. The van der Waals surface area contributed by atoms with Gasteiger partial charge in [0.25, 0.3) is 0 Å². The fourth-order valence-corrected chi connectivity index (χ4v) is 1.81. The molecule has 20 heavy (non-hydrogen) atoms. The standard InChI is InChI=1S/C17H22O3/c1-5-6-13(4)20-16-10-9-15(17(18)19)11-14(16)8-7-12(2)3/h5-7,9-11,13H,8H2,1-4H3,(H,18,19)/b6-5+. The summed E-state index contributed by atoms with van der Waals surface area (Å²) in [4.78, 5) is 11.1. The van der Waals surface area contributed by atoms with Gasteiger partial charge in [-0.1, -0.05) is 17.7 Å². The molecule has 1 rings (SSSR count). The van der Waals surface area contributed by atoms with E-state index in [-0.39, 0.29) is 11.7 Å². The Morgan fingerprint density at radius 1 is 1.40 bits per heavy atom. The number of carbonyl (C=O) groups is 1. The molecule has 0 fully saturated rings. The van der Waals surface area contributed by atoms with Crippen LogP contribution in [-0.2, 0) is 6.42 Å². The van der Waals surface area contributed by atoms with Gasteiger partial charge in [0.1, 0.15) is 11.9 Å². The molecule has 0 bridgehead atoms. The molecule has 0 heterocycles. The van der Waals surface area contributed by atoms with E-state index in [2.05, 4.69) is 6.08 Å². The average molecular weight is 274 g/mol. The molecular formula is C17H22O3. The van der Waals surface area contributed by atoms with E-state index < -0.39 is 5.97 Å². The molecule has 108 valence electrons. The molecule has 1 aromatic rings. The summed E-state index contributed by atoms with van der Waals surface area (Å²) in [7, 11) is 0. The van der Waals surface area contributed by atoms with E-state index in [0.717, 1.165) is 11.3 Å². The minimum absolute atomic E-state index is 0.0406. The summed E-state index contributed by atoms with van der Waals surface area (Å²) in [5, 5.41) is 9.08. The van der Waals surface area contributed by atoms with E-state index in [1.54, 1.807) is 18.2 Å². The quantitative estimate of drug-likeness (QED) is 0.789. The van der Waals surface area contributed by atoms with Crippen molar-refractivity contribution >= 4 is 5.97 Å². The van der Waals surface area contributed by atoms with E-state index in [1.165, 1.54) is 5.57 Å². The van der Waals surface area contributed by atoms with Crippen LogP contribution in [0.2, 0.25) is 0 Å². The molecule has 1 N–H and O–H groups in total. The van der Waals surface area contributed by atoms with Crippen molar-refractivity contribution in [3.63, 3.8) is 0 Å². The van der Waals surface area contributed by atoms with Gasteiger partial charge < -0.3 is 9.84 Å². The number of allylic oxidation sites excluding steroid dienone is 3. The largest absolute Gasteiger partial charge is 0.486 e. The maximum absolute atomic E-state index is 11.1. The van der Waals surface area contributed by atoms with Crippen LogP contribution >= 0.6 is 0 Å². The Balaban J connectivity index is 3.08. The van der Waals surface area contributed by atoms with Gasteiger partial charge >= 0.3 is 5.97 Å². The van der Waals surface area contributed by atoms with Crippen molar-refractivity contribution in [2.75, 3.05) is 0 Å². The molecule has 1 aromatic carbocycles. The van der Waals surface area contributed by atoms with Gasteiger partial charge in [-0.25, -0.2) is 4.79 Å². The van der Waals surface area contributed by atoms with Gasteiger partial charge in [-0.05, 0) is 64.0 Å². The van der Waals surface area contributed by atoms with Crippen LogP contribution in [0.3, 0.4) is 0 Å². The predicted octanol–water partition coefficient (Wildman–Crippen LogP) is 4.24. The number of benzene rings is 1. The van der Waals surface area contributed by atoms with Gasteiger partial charge in [-0.15, -0.1) is 0 Å². The lowest BCUT2D eigenvalue weighted by Crippen LogP contribution is -2.10. The van der Waals surface area contributed by atoms with Gasteiger partial charge in [-0.3, -0.25) is 0 Å². The Labute approximate surface area is 120 Å². The SMILES string of the molecule is C/C=C/C(C)Oc1ccc(C(=O)O)cc1CC=C(C)C. The second-order valence-corrected chi connectivity index (χ2v) is 4.96. The van der Waals surface area contributed by atoms with Crippen molar-refractivity contribution in [1.82, 2.24) is 0 Å². The van der Waals surface area contributed by atoms with Crippen LogP contribution in [0.15, 0.2) is 42.0 Å². The topological polar surface area (TPSA) is 46.5 Å². The van der Waals surface area contributed by atoms with Crippen LogP contribution in [0.4, 0.5) is 0 Å². The van der Waals surface area contributed by atoms with Gasteiger partial charge in [0, 0.05) is 0 Å². The third-order valence-electron chi connectivity index (χ3n) is 2.81. The first-order valence-electron chi connectivity index (χ1n) is 6.73. The first-order valence-corrected chi connectivity index (χ1v) is 6.73. The average Bonchev–Trinajstić information content (AvgIpc) is 2.37. The van der Waals surface area contributed by atoms with E-state index in [9.17, 15) is 4.79 Å². The van der Waals surface area contributed by atoms with Crippen molar-refractivity contribution in [2.24, 2.45) is 0 Å². The van der Waals surface area contributed by atoms with E-state index in [0.29, 0.717) is 6.42 Å². The third kappa shape index (κ3) is 4.92. The molecule has 0 radical (unpaired) electrons. The highest BCUT2D eigenvalue weighted by Crippen LogP contribution is 2.23. The summed E-state index contributed by atoms with van der Waals surface area (Å²) in [5.41, 5.74) is 2.37. The number of hydrogen-bond acceptors (Lipinski definition) is 2. The molecule has 0 saturated carbocycles. The molecule has 0 aliphatic carbocycles. The predicted molar refractivity (Wildman–Crippen MR) is 81.4 cm³/mol. The van der Waals surface area contributed by atoms with Gasteiger partial charge in [-0.2, -0.15) is 0 Å². The lowest BCUT2D eigenvalue weighted by molar-refractivity contribution is 0.0696.